The van der Waals surface area contributed by atoms with Crippen molar-refractivity contribution in [3.05, 3.63) is 10.6 Å². The van der Waals surface area contributed by atoms with E-state index in [0.29, 0.717) is 49.7 Å². The lowest BCUT2D eigenvalue weighted by Gasteiger charge is -2.47. The molecule has 3 saturated heterocycles. The van der Waals surface area contributed by atoms with E-state index >= 15 is 0 Å². The molecule has 6 N–H and O–H groups in total. The van der Waals surface area contributed by atoms with Gasteiger partial charge in [0.05, 0.1) is 24.0 Å². The Morgan fingerprint density at radius 1 is 1.19 bits per heavy atom. The average molecular weight is 615 g/mol. The van der Waals surface area contributed by atoms with Gasteiger partial charge in [0.25, 0.3) is 5.91 Å². The fourth-order valence-corrected chi connectivity index (χ4v) is 7.93. The highest BCUT2D eigenvalue weighted by atomic mass is 32.2. The van der Waals surface area contributed by atoms with Crippen LogP contribution in [0.5, 0.6) is 0 Å². The number of hydrogen-bond donors (Lipinski definition) is 5. The van der Waals surface area contributed by atoms with Crippen LogP contribution in [0.4, 0.5) is 8.78 Å². The van der Waals surface area contributed by atoms with Crippen LogP contribution >= 0.6 is 11.8 Å². The van der Waals surface area contributed by atoms with Crippen LogP contribution in [0, 0.1) is 17.8 Å². The molecule has 2 unspecified atom stereocenters. The van der Waals surface area contributed by atoms with Gasteiger partial charge in [-0.1, -0.05) is 20.8 Å². The van der Waals surface area contributed by atoms with Gasteiger partial charge in [0.2, 0.25) is 17.7 Å². The zero-order chi connectivity index (χ0) is 31.0. The van der Waals surface area contributed by atoms with Crippen LogP contribution in [0.1, 0.15) is 47.0 Å². The van der Waals surface area contributed by atoms with Crippen molar-refractivity contribution in [1.29, 1.82) is 0 Å². The fraction of sp³-hybridized carbons (Fsp3) is 0.741. The zero-order valence-electron chi connectivity index (χ0n) is 24.1. The molecule has 8 atom stereocenters. The van der Waals surface area contributed by atoms with E-state index < -0.39 is 60.2 Å². The summed E-state index contributed by atoms with van der Waals surface area (Å²) in [5.41, 5.74) is 5.85. The molecule has 234 valence electrons. The first-order valence-corrected chi connectivity index (χ1v) is 15.2. The highest BCUT2D eigenvalue weighted by Crippen LogP contribution is 2.51. The molecular formula is C27H40F2N6O6S. The second-order valence-corrected chi connectivity index (χ2v) is 13.4. The third kappa shape index (κ3) is 6.42. The lowest BCUT2D eigenvalue weighted by molar-refractivity contribution is -0.159. The Morgan fingerprint density at radius 2 is 1.88 bits per heavy atom. The number of hydrogen-bond acceptors (Lipinski definition) is 8. The normalized spacial score (nSPS) is 30.5. The molecule has 0 aromatic carbocycles. The molecule has 12 nitrogen and oxygen atoms in total. The van der Waals surface area contributed by atoms with E-state index in [2.05, 4.69) is 16.0 Å². The molecule has 0 spiro atoms. The van der Waals surface area contributed by atoms with E-state index in [-0.39, 0.29) is 28.8 Å². The van der Waals surface area contributed by atoms with E-state index in [9.17, 15) is 37.9 Å². The van der Waals surface area contributed by atoms with Crippen LogP contribution in [-0.2, 0) is 24.0 Å². The number of thioether (sulfide) groups is 1. The summed E-state index contributed by atoms with van der Waals surface area (Å²) in [6.07, 6.45) is -1.57. The first-order chi connectivity index (χ1) is 19.7. The van der Waals surface area contributed by atoms with Crippen LogP contribution in [-0.4, -0.2) is 106 Å². The summed E-state index contributed by atoms with van der Waals surface area (Å²) in [5.74, 6) is -4.50. The quantitative estimate of drug-likeness (QED) is 0.202. The molecule has 0 bridgehead atoms. The van der Waals surface area contributed by atoms with Gasteiger partial charge in [0, 0.05) is 47.8 Å². The first kappa shape index (κ1) is 32.1. The smallest absolute Gasteiger partial charge is 0.353 e. The van der Waals surface area contributed by atoms with E-state index in [4.69, 9.17) is 5.73 Å². The molecule has 0 saturated carbocycles. The van der Waals surface area contributed by atoms with Gasteiger partial charge >= 0.3 is 12.4 Å². The van der Waals surface area contributed by atoms with Gasteiger partial charge in [0.1, 0.15) is 5.70 Å². The molecule has 4 amide bonds. The highest BCUT2D eigenvalue weighted by molar-refractivity contribution is 8.03. The fourth-order valence-electron chi connectivity index (χ4n) is 6.46. The number of amides is 4. The summed E-state index contributed by atoms with van der Waals surface area (Å²) in [6.45, 7) is 8.58. The number of alkyl halides is 2. The second-order valence-electron chi connectivity index (χ2n) is 12.1. The van der Waals surface area contributed by atoms with Crippen LogP contribution in [0.25, 0.3) is 0 Å². The van der Waals surface area contributed by atoms with Crippen LogP contribution in [0.2, 0.25) is 0 Å². The highest BCUT2D eigenvalue weighted by Gasteiger charge is 2.60. The maximum atomic E-state index is 13.3. The lowest BCUT2D eigenvalue weighted by Crippen LogP contribution is -2.66. The van der Waals surface area contributed by atoms with E-state index in [1.165, 1.54) is 23.6 Å². The predicted molar refractivity (Wildman–Crippen MR) is 150 cm³/mol. The molecule has 0 aliphatic carbocycles. The van der Waals surface area contributed by atoms with Gasteiger partial charge in [-0.05, 0) is 32.1 Å². The number of carbonyl (C=O) groups is 5. The number of nitrogens with two attached hydrogens (primary N) is 1. The van der Waals surface area contributed by atoms with Crippen molar-refractivity contribution in [3.8, 4) is 0 Å². The molecular weight excluding hydrogens is 574 g/mol. The predicted octanol–water partition coefficient (Wildman–Crippen LogP) is 0.0833. The minimum absolute atomic E-state index is 0.0871. The summed E-state index contributed by atoms with van der Waals surface area (Å²) in [4.78, 5) is 65.7. The molecule has 0 radical (unpaired) electrons. The van der Waals surface area contributed by atoms with Crippen molar-refractivity contribution in [2.75, 3.05) is 19.6 Å². The minimum atomic E-state index is -3.22. The maximum Gasteiger partial charge on any atom is 0.353 e. The Balaban J connectivity index is 1.34. The summed E-state index contributed by atoms with van der Waals surface area (Å²) in [5, 5.41) is 18.2. The molecule has 0 aromatic rings. The molecule has 15 heteroatoms. The van der Waals surface area contributed by atoms with E-state index in [0.717, 1.165) is 0 Å². The minimum Gasteiger partial charge on any atom is -0.477 e. The Labute approximate surface area is 247 Å². The number of nitrogens with zero attached hydrogens (tertiary/aromatic N) is 2. The third-order valence-electron chi connectivity index (χ3n) is 8.49. The maximum absolute atomic E-state index is 13.3. The lowest BCUT2D eigenvalue weighted by atomic mass is 9.78. The van der Waals surface area contributed by atoms with Crippen LogP contribution in [0.3, 0.4) is 0 Å². The van der Waals surface area contributed by atoms with Gasteiger partial charge in [-0.15, -0.1) is 11.8 Å². The number of β-lactam (4-membered cyclic amide) rings is 1. The summed E-state index contributed by atoms with van der Waals surface area (Å²) in [7, 11) is 0. The Bertz CT molecular complexity index is 1150. The van der Waals surface area contributed by atoms with Crippen molar-refractivity contribution >= 4 is 41.4 Å². The number of carboxylic acids is 1. The number of likely N-dealkylation sites (tertiary alicyclic amines) is 1. The second kappa shape index (κ2) is 12.8. The summed E-state index contributed by atoms with van der Waals surface area (Å²) >= 11 is 1.32. The van der Waals surface area contributed by atoms with E-state index in [1.807, 2.05) is 13.8 Å². The monoisotopic (exact) mass is 614 g/mol. The summed E-state index contributed by atoms with van der Waals surface area (Å²) < 4.78 is 25.5. The van der Waals surface area contributed by atoms with Crippen molar-refractivity contribution in [2.45, 2.75) is 88.8 Å². The van der Waals surface area contributed by atoms with Crippen molar-refractivity contribution in [3.63, 3.8) is 0 Å². The number of aliphatic carboxylic acids is 1. The van der Waals surface area contributed by atoms with Gasteiger partial charge in [-0.25, -0.2) is 4.79 Å². The molecule has 4 heterocycles. The van der Waals surface area contributed by atoms with Crippen molar-refractivity contribution < 1.29 is 37.9 Å². The Hall–Kier alpha value is -2.78. The largest absolute Gasteiger partial charge is 0.477 e. The molecule has 4 rings (SSSR count). The van der Waals surface area contributed by atoms with E-state index in [1.54, 1.807) is 11.8 Å². The molecule has 3 fully saturated rings. The van der Waals surface area contributed by atoms with Gasteiger partial charge < -0.3 is 36.6 Å². The Kier molecular flexibility index (Phi) is 9.82. The third-order valence-corrected chi connectivity index (χ3v) is 10.0. The molecule has 4 aliphatic heterocycles. The number of carbonyl (C=O) groups excluding carboxylic acids is 4. The number of rotatable bonds is 11. The van der Waals surface area contributed by atoms with Gasteiger partial charge in [-0.3, -0.25) is 19.2 Å². The molecule has 4 aliphatic rings. The summed E-state index contributed by atoms with van der Waals surface area (Å²) in [6, 6.07) is -2.70. The zero-order valence-corrected chi connectivity index (χ0v) is 25.0. The van der Waals surface area contributed by atoms with Gasteiger partial charge in [-0.2, -0.15) is 8.78 Å². The van der Waals surface area contributed by atoms with Crippen LogP contribution < -0.4 is 21.7 Å². The SMILES string of the molecule is CC(C)CC(N)C(=O)NC1CCN(C(=O)[C@@H]2C[C@H](SC3=C(C(=O)O)N4C(=O)[C@H]([C@@H](C)NC(=O)C(F)F)[C@H]4[C@H]3C)CN2)C1. The number of carboxylic acid groups (broad SMARTS) is 1. The molecule has 0 aromatic heterocycles. The number of fused-ring (bicyclic) bond motifs is 1. The number of nitrogens with one attached hydrogen (secondary N) is 3. The topological polar surface area (TPSA) is 174 Å². The first-order valence-electron chi connectivity index (χ1n) is 14.3. The molecule has 42 heavy (non-hydrogen) atoms. The van der Waals surface area contributed by atoms with Gasteiger partial charge in [0.15, 0.2) is 0 Å². The average Bonchev–Trinajstić information content (AvgIpc) is 3.61. The Morgan fingerprint density at radius 3 is 2.50 bits per heavy atom. The number of halogens is 2. The van der Waals surface area contributed by atoms with Crippen LogP contribution in [0.15, 0.2) is 10.6 Å². The van der Waals surface area contributed by atoms with Crippen molar-refractivity contribution in [1.82, 2.24) is 25.8 Å². The standard InChI is InChI=1S/C27H40F2N6O6S/c1-11(2)7-16(30)23(36)33-14-5-6-34(10-14)25(38)17-8-15(9-31-17)42-21-12(3)19-18(13(4)32-24(37)22(28)29)26(39)35(19)20(21)27(40)41/h11-19,22,31H,5-10,30H2,1-4H3,(H,32,37)(H,33,36)(H,40,41)/t12-,13-,14?,15+,16?,17+,18-,19-/m1/s1. The van der Waals surface area contributed by atoms with Crippen molar-refractivity contribution in [2.24, 2.45) is 23.5 Å².